The SMILES string of the molecule is CCc1cc(Br)ccc1C#N. The van der Waals surface area contributed by atoms with Crippen molar-refractivity contribution in [1.82, 2.24) is 0 Å². The minimum Gasteiger partial charge on any atom is -0.192 e. The summed E-state index contributed by atoms with van der Waals surface area (Å²) >= 11 is 3.36. The number of rotatable bonds is 1. The minimum absolute atomic E-state index is 0.774. The highest BCUT2D eigenvalue weighted by atomic mass is 79.9. The Morgan fingerprint density at radius 2 is 2.27 bits per heavy atom. The fraction of sp³-hybridized carbons (Fsp3) is 0.222. The number of halogens is 1. The molecule has 0 atom stereocenters. The summed E-state index contributed by atoms with van der Waals surface area (Å²) in [4.78, 5) is 0. The van der Waals surface area contributed by atoms with E-state index in [1.54, 1.807) is 0 Å². The molecule has 1 aromatic carbocycles. The molecule has 1 rings (SSSR count). The van der Waals surface area contributed by atoms with E-state index in [1.807, 2.05) is 25.1 Å². The molecule has 1 nitrogen and oxygen atoms in total. The van der Waals surface area contributed by atoms with Gasteiger partial charge < -0.3 is 0 Å². The molecule has 0 aromatic heterocycles. The number of aryl methyl sites for hydroxylation is 1. The molecule has 1 aromatic rings. The van der Waals surface area contributed by atoms with Crippen molar-refractivity contribution in [3.8, 4) is 6.07 Å². The molecule has 56 valence electrons. The molecule has 0 aliphatic heterocycles. The maximum absolute atomic E-state index is 8.68. The van der Waals surface area contributed by atoms with Crippen LogP contribution in [0.4, 0.5) is 0 Å². The fourth-order valence-corrected chi connectivity index (χ4v) is 1.37. The Kier molecular flexibility index (Phi) is 2.67. The highest BCUT2D eigenvalue weighted by molar-refractivity contribution is 9.10. The molecule has 0 bridgehead atoms. The maximum Gasteiger partial charge on any atom is 0.0994 e. The molecule has 2 heteroatoms. The first kappa shape index (κ1) is 8.29. The van der Waals surface area contributed by atoms with E-state index in [2.05, 4.69) is 22.0 Å². The molecule has 0 radical (unpaired) electrons. The van der Waals surface area contributed by atoms with Crippen LogP contribution in [-0.4, -0.2) is 0 Å². The Hall–Kier alpha value is -0.810. The second-order valence-electron chi connectivity index (χ2n) is 2.27. The molecular formula is C9H8BrN. The molecule has 0 aliphatic carbocycles. The van der Waals surface area contributed by atoms with Crippen molar-refractivity contribution in [2.75, 3.05) is 0 Å². The third kappa shape index (κ3) is 1.81. The summed E-state index contributed by atoms with van der Waals surface area (Å²) < 4.78 is 1.04. The van der Waals surface area contributed by atoms with Crippen molar-refractivity contribution >= 4 is 15.9 Å². The first-order valence-electron chi connectivity index (χ1n) is 3.46. The lowest BCUT2D eigenvalue weighted by molar-refractivity contribution is 1.12. The minimum atomic E-state index is 0.774. The van der Waals surface area contributed by atoms with E-state index < -0.39 is 0 Å². The van der Waals surface area contributed by atoms with Crippen LogP contribution >= 0.6 is 15.9 Å². The van der Waals surface area contributed by atoms with Gasteiger partial charge in [-0.1, -0.05) is 22.9 Å². The first-order valence-corrected chi connectivity index (χ1v) is 4.25. The van der Waals surface area contributed by atoms with Crippen molar-refractivity contribution in [2.24, 2.45) is 0 Å². The third-order valence-corrected chi connectivity index (χ3v) is 2.06. The van der Waals surface area contributed by atoms with E-state index in [1.165, 1.54) is 0 Å². The zero-order valence-corrected chi connectivity index (χ0v) is 7.85. The predicted octanol–water partition coefficient (Wildman–Crippen LogP) is 2.88. The van der Waals surface area contributed by atoms with Gasteiger partial charge in [0.15, 0.2) is 0 Å². The molecule has 0 amide bonds. The normalized spacial score (nSPS) is 9.18. The zero-order chi connectivity index (χ0) is 8.27. The van der Waals surface area contributed by atoms with Gasteiger partial charge in [-0.25, -0.2) is 0 Å². The number of nitrogens with zero attached hydrogens (tertiary/aromatic N) is 1. The summed E-state index contributed by atoms with van der Waals surface area (Å²) in [6.45, 7) is 2.04. The van der Waals surface area contributed by atoms with Gasteiger partial charge >= 0.3 is 0 Å². The largest absolute Gasteiger partial charge is 0.192 e. The van der Waals surface area contributed by atoms with E-state index in [0.717, 1.165) is 22.0 Å². The van der Waals surface area contributed by atoms with E-state index in [9.17, 15) is 0 Å². The Morgan fingerprint density at radius 1 is 1.55 bits per heavy atom. The summed E-state index contributed by atoms with van der Waals surface area (Å²) in [6.07, 6.45) is 0.905. The van der Waals surface area contributed by atoms with Gasteiger partial charge in [0.2, 0.25) is 0 Å². The Bertz CT molecular complexity index is 299. The second kappa shape index (κ2) is 3.54. The molecular weight excluding hydrogens is 202 g/mol. The van der Waals surface area contributed by atoms with Crippen LogP contribution in [0.2, 0.25) is 0 Å². The van der Waals surface area contributed by atoms with Crippen LogP contribution in [0.5, 0.6) is 0 Å². The number of nitriles is 1. The van der Waals surface area contributed by atoms with Gasteiger partial charge in [0.05, 0.1) is 11.6 Å². The highest BCUT2D eigenvalue weighted by Gasteiger charge is 1.98. The van der Waals surface area contributed by atoms with E-state index in [4.69, 9.17) is 5.26 Å². The fourth-order valence-electron chi connectivity index (χ4n) is 0.964. The van der Waals surface area contributed by atoms with Gasteiger partial charge in [-0.05, 0) is 30.2 Å². The maximum atomic E-state index is 8.68. The van der Waals surface area contributed by atoms with Crippen LogP contribution in [-0.2, 0) is 6.42 Å². The average Bonchev–Trinajstić information content (AvgIpc) is 2.04. The van der Waals surface area contributed by atoms with Crippen LogP contribution in [0.1, 0.15) is 18.1 Å². The lowest BCUT2D eigenvalue weighted by Crippen LogP contribution is -1.86. The number of hydrogen-bond donors (Lipinski definition) is 0. The highest BCUT2D eigenvalue weighted by Crippen LogP contribution is 2.16. The van der Waals surface area contributed by atoms with Gasteiger partial charge in [-0.2, -0.15) is 5.26 Å². The van der Waals surface area contributed by atoms with Crippen molar-refractivity contribution in [3.63, 3.8) is 0 Å². The van der Waals surface area contributed by atoms with Crippen LogP contribution in [0.3, 0.4) is 0 Å². The molecule has 0 unspecified atom stereocenters. The van der Waals surface area contributed by atoms with E-state index >= 15 is 0 Å². The lowest BCUT2D eigenvalue weighted by Gasteiger charge is -1.99. The second-order valence-corrected chi connectivity index (χ2v) is 3.18. The van der Waals surface area contributed by atoms with Crippen molar-refractivity contribution in [2.45, 2.75) is 13.3 Å². The van der Waals surface area contributed by atoms with E-state index in [-0.39, 0.29) is 0 Å². The Morgan fingerprint density at radius 3 is 2.82 bits per heavy atom. The molecule has 0 spiro atoms. The number of hydrogen-bond acceptors (Lipinski definition) is 1. The molecule has 0 N–H and O–H groups in total. The van der Waals surface area contributed by atoms with E-state index in [0.29, 0.717) is 0 Å². The van der Waals surface area contributed by atoms with Crippen molar-refractivity contribution < 1.29 is 0 Å². The summed E-state index contributed by atoms with van der Waals surface area (Å²) in [7, 11) is 0. The molecule has 0 aliphatic rings. The van der Waals surface area contributed by atoms with Crippen LogP contribution in [0.15, 0.2) is 22.7 Å². The predicted molar refractivity (Wildman–Crippen MR) is 48.2 cm³/mol. The summed E-state index contributed by atoms with van der Waals surface area (Å²) in [5, 5.41) is 8.68. The van der Waals surface area contributed by atoms with Gasteiger partial charge in [0.1, 0.15) is 0 Å². The topological polar surface area (TPSA) is 23.8 Å². The average molecular weight is 210 g/mol. The first-order chi connectivity index (χ1) is 5.27. The van der Waals surface area contributed by atoms with Gasteiger partial charge in [-0.3, -0.25) is 0 Å². The van der Waals surface area contributed by atoms with Crippen molar-refractivity contribution in [3.05, 3.63) is 33.8 Å². The zero-order valence-electron chi connectivity index (χ0n) is 6.26. The van der Waals surface area contributed by atoms with Crippen molar-refractivity contribution in [1.29, 1.82) is 5.26 Å². The monoisotopic (exact) mass is 209 g/mol. The summed E-state index contributed by atoms with van der Waals surface area (Å²) in [6, 6.07) is 7.86. The van der Waals surface area contributed by atoms with Gasteiger partial charge in [0, 0.05) is 4.47 Å². The number of benzene rings is 1. The molecule has 0 saturated heterocycles. The molecule has 11 heavy (non-hydrogen) atoms. The quantitative estimate of drug-likeness (QED) is 0.699. The summed E-state index contributed by atoms with van der Waals surface area (Å²) in [5.41, 5.74) is 1.87. The standard InChI is InChI=1S/C9H8BrN/c1-2-7-5-9(10)4-3-8(7)6-11/h3-5H,2H2,1H3. The van der Waals surface area contributed by atoms with Gasteiger partial charge in [-0.15, -0.1) is 0 Å². The summed E-state index contributed by atoms with van der Waals surface area (Å²) in [5.74, 6) is 0. The van der Waals surface area contributed by atoms with Gasteiger partial charge in [0.25, 0.3) is 0 Å². The Balaban J connectivity index is 3.19. The lowest BCUT2D eigenvalue weighted by atomic mass is 10.1. The molecule has 0 saturated carbocycles. The van der Waals surface area contributed by atoms with Crippen LogP contribution in [0.25, 0.3) is 0 Å². The van der Waals surface area contributed by atoms with Crippen LogP contribution < -0.4 is 0 Å². The Labute approximate surface area is 74.8 Å². The third-order valence-electron chi connectivity index (χ3n) is 1.57. The van der Waals surface area contributed by atoms with Crippen LogP contribution in [0, 0.1) is 11.3 Å². The molecule has 0 heterocycles. The smallest absolute Gasteiger partial charge is 0.0994 e. The molecule has 0 fully saturated rings.